The van der Waals surface area contributed by atoms with E-state index in [0.717, 1.165) is 37.8 Å². The molecule has 0 fully saturated rings. The van der Waals surface area contributed by atoms with Crippen molar-refractivity contribution >= 4 is 17.1 Å². The summed E-state index contributed by atoms with van der Waals surface area (Å²) in [7, 11) is 0. The van der Waals surface area contributed by atoms with Gasteiger partial charge in [0.25, 0.3) is 0 Å². The summed E-state index contributed by atoms with van der Waals surface area (Å²) in [5.74, 6) is 0. The van der Waals surface area contributed by atoms with Crippen molar-refractivity contribution < 1.29 is 0 Å². The monoisotopic (exact) mass is 388 g/mol. The van der Waals surface area contributed by atoms with E-state index < -0.39 is 0 Å². The van der Waals surface area contributed by atoms with Gasteiger partial charge in [-0.15, -0.1) is 0 Å². The lowest BCUT2D eigenvalue weighted by Gasteiger charge is -2.21. The van der Waals surface area contributed by atoms with Crippen molar-refractivity contribution in [1.29, 1.82) is 0 Å². The number of nitrogens with one attached hydrogen (secondary N) is 1. The van der Waals surface area contributed by atoms with Gasteiger partial charge in [0.05, 0.1) is 5.69 Å². The molecule has 2 aromatic rings. The van der Waals surface area contributed by atoms with Gasteiger partial charge >= 0.3 is 0 Å². The van der Waals surface area contributed by atoms with E-state index in [2.05, 4.69) is 76.3 Å². The van der Waals surface area contributed by atoms with Crippen molar-refractivity contribution in [3.8, 4) is 0 Å². The SMILES string of the molecule is CCCc1cccc(CCC)c1NC1=C/C(=N/c2c(C)cc(C)cc2C)CCC1. The predicted molar refractivity (Wildman–Crippen MR) is 128 cm³/mol. The Morgan fingerprint density at radius 1 is 0.897 bits per heavy atom. The van der Waals surface area contributed by atoms with E-state index in [1.807, 2.05) is 0 Å². The quantitative estimate of drug-likeness (QED) is 0.514. The first-order valence-corrected chi connectivity index (χ1v) is 11.3. The van der Waals surface area contributed by atoms with E-state index in [1.54, 1.807) is 0 Å². The van der Waals surface area contributed by atoms with Crippen molar-refractivity contribution in [2.45, 2.75) is 79.6 Å². The number of anilines is 1. The van der Waals surface area contributed by atoms with E-state index in [-0.39, 0.29) is 0 Å². The van der Waals surface area contributed by atoms with Crippen LogP contribution < -0.4 is 5.32 Å². The average molecular weight is 389 g/mol. The Kier molecular flexibility index (Phi) is 7.30. The van der Waals surface area contributed by atoms with Gasteiger partial charge < -0.3 is 5.32 Å². The molecule has 0 amide bonds. The Morgan fingerprint density at radius 2 is 1.52 bits per heavy atom. The van der Waals surface area contributed by atoms with Crippen molar-refractivity contribution in [1.82, 2.24) is 0 Å². The summed E-state index contributed by atoms with van der Waals surface area (Å²) in [5, 5.41) is 3.82. The van der Waals surface area contributed by atoms with Gasteiger partial charge in [-0.05, 0) is 81.2 Å². The topological polar surface area (TPSA) is 24.4 Å². The number of para-hydroxylation sites is 1. The minimum atomic E-state index is 1.05. The molecule has 0 saturated carbocycles. The third kappa shape index (κ3) is 5.38. The van der Waals surface area contributed by atoms with Crippen molar-refractivity contribution in [2.75, 3.05) is 5.32 Å². The number of rotatable bonds is 7. The number of allylic oxidation sites excluding steroid dienone is 2. The molecule has 0 saturated heterocycles. The summed E-state index contributed by atoms with van der Waals surface area (Å²) in [6.07, 6.45) is 10.2. The second-order valence-electron chi connectivity index (χ2n) is 8.45. The Balaban J connectivity index is 1.92. The maximum Gasteiger partial charge on any atom is 0.0691 e. The molecule has 0 aliphatic heterocycles. The number of benzene rings is 2. The molecule has 0 unspecified atom stereocenters. The molecule has 154 valence electrons. The van der Waals surface area contributed by atoms with Crippen LogP contribution in [0.4, 0.5) is 11.4 Å². The van der Waals surface area contributed by atoms with Crippen molar-refractivity contribution in [3.05, 3.63) is 69.9 Å². The molecular formula is C27H36N2. The Bertz CT molecular complexity index is 871. The maximum atomic E-state index is 5.07. The van der Waals surface area contributed by atoms with Crippen LogP contribution in [0, 0.1) is 20.8 Å². The van der Waals surface area contributed by atoms with Crippen molar-refractivity contribution in [2.24, 2.45) is 4.99 Å². The van der Waals surface area contributed by atoms with Gasteiger partial charge in [-0.25, -0.2) is 0 Å². The highest BCUT2D eigenvalue weighted by Crippen LogP contribution is 2.30. The molecule has 2 aromatic carbocycles. The van der Waals surface area contributed by atoms with Crippen molar-refractivity contribution in [3.63, 3.8) is 0 Å². The second-order valence-corrected chi connectivity index (χ2v) is 8.45. The van der Waals surface area contributed by atoms with Crippen LogP contribution in [0.5, 0.6) is 0 Å². The normalized spacial score (nSPS) is 15.5. The largest absolute Gasteiger partial charge is 0.358 e. The van der Waals surface area contributed by atoms with E-state index in [9.17, 15) is 0 Å². The molecular weight excluding hydrogens is 352 g/mol. The zero-order valence-electron chi connectivity index (χ0n) is 18.9. The van der Waals surface area contributed by atoms with Crippen LogP contribution >= 0.6 is 0 Å². The van der Waals surface area contributed by atoms with E-state index in [1.165, 1.54) is 57.8 Å². The molecule has 0 radical (unpaired) electrons. The summed E-state index contributed by atoms with van der Waals surface area (Å²) >= 11 is 0. The standard InChI is InChI=1S/C27H36N2/c1-6-10-22-12-8-13-23(11-7-2)27(22)29-25-15-9-14-24(18-25)28-26-20(4)16-19(3)17-21(26)5/h8,12-13,16-18,29H,6-7,9-11,14-15H2,1-5H3/b28-24+. The minimum absolute atomic E-state index is 1.05. The molecule has 2 nitrogen and oxygen atoms in total. The highest BCUT2D eigenvalue weighted by Gasteiger charge is 2.14. The zero-order chi connectivity index (χ0) is 20.8. The summed E-state index contributed by atoms with van der Waals surface area (Å²) in [6.45, 7) is 11.0. The van der Waals surface area contributed by atoms with Crippen LogP contribution in [-0.4, -0.2) is 5.71 Å². The van der Waals surface area contributed by atoms with Gasteiger partial charge in [0.1, 0.15) is 0 Å². The molecule has 1 aliphatic carbocycles. The fourth-order valence-corrected chi connectivity index (χ4v) is 4.41. The number of hydrogen-bond acceptors (Lipinski definition) is 2. The Morgan fingerprint density at radius 3 is 2.10 bits per heavy atom. The minimum Gasteiger partial charge on any atom is -0.358 e. The highest BCUT2D eigenvalue weighted by molar-refractivity contribution is 5.98. The zero-order valence-corrected chi connectivity index (χ0v) is 18.9. The molecule has 0 aromatic heterocycles. The molecule has 0 bridgehead atoms. The molecule has 1 aliphatic rings. The third-order valence-electron chi connectivity index (χ3n) is 5.67. The number of aliphatic imine (C=N–C) groups is 1. The van der Waals surface area contributed by atoms with Crippen LogP contribution in [0.25, 0.3) is 0 Å². The van der Waals surface area contributed by atoms with E-state index in [4.69, 9.17) is 4.99 Å². The second kappa shape index (κ2) is 9.91. The molecule has 0 atom stereocenters. The molecule has 3 rings (SSSR count). The molecule has 0 heterocycles. The van der Waals surface area contributed by atoms with Crippen LogP contribution in [0.1, 0.15) is 73.8 Å². The Labute approximate surface area is 177 Å². The Hall–Kier alpha value is -2.35. The fraction of sp³-hybridized carbons (Fsp3) is 0.444. The summed E-state index contributed by atoms with van der Waals surface area (Å²) in [6, 6.07) is 11.2. The lowest BCUT2D eigenvalue weighted by Crippen LogP contribution is -2.12. The van der Waals surface area contributed by atoms with Gasteiger partial charge in [0.15, 0.2) is 0 Å². The maximum absolute atomic E-state index is 5.07. The summed E-state index contributed by atoms with van der Waals surface area (Å²) in [5.41, 5.74) is 11.7. The summed E-state index contributed by atoms with van der Waals surface area (Å²) < 4.78 is 0. The van der Waals surface area contributed by atoms with Gasteiger partial charge in [0.2, 0.25) is 0 Å². The van der Waals surface area contributed by atoms with Gasteiger partial charge in [-0.2, -0.15) is 0 Å². The third-order valence-corrected chi connectivity index (χ3v) is 5.67. The van der Waals surface area contributed by atoms with Crippen LogP contribution in [0.2, 0.25) is 0 Å². The molecule has 29 heavy (non-hydrogen) atoms. The molecule has 0 spiro atoms. The summed E-state index contributed by atoms with van der Waals surface area (Å²) in [4.78, 5) is 5.07. The number of hydrogen-bond donors (Lipinski definition) is 1. The molecule has 1 N–H and O–H groups in total. The lowest BCUT2D eigenvalue weighted by molar-refractivity contribution is 0.834. The average Bonchev–Trinajstić information content (AvgIpc) is 2.68. The predicted octanol–water partition coefficient (Wildman–Crippen LogP) is 7.77. The van der Waals surface area contributed by atoms with Gasteiger partial charge in [-0.1, -0.05) is 62.6 Å². The van der Waals surface area contributed by atoms with Crippen LogP contribution in [-0.2, 0) is 12.8 Å². The van der Waals surface area contributed by atoms with Gasteiger partial charge in [0, 0.05) is 17.1 Å². The first-order chi connectivity index (χ1) is 14.0. The highest BCUT2D eigenvalue weighted by atomic mass is 14.9. The first kappa shape index (κ1) is 21.4. The van der Waals surface area contributed by atoms with E-state index >= 15 is 0 Å². The lowest BCUT2D eigenvalue weighted by atomic mass is 9.97. The van der Waals surface area contributed by atoms with Gasteiger partial charge in [-0.3, -0.25) is 4.99 Å². The first-order valence-electron chi connectivity index (χ1n) is 11.3. The van der Waals surface area contributed by atoms with E-state index in [0.29, 0.717) is 0 Å². The van der Waals surface area contributed by atoms with Crippen LogP contribution in [0.15, 0.2) is 47.1 Å². The fourth-order valence-electron chi connectivity index (χ4n) is 4.41. The number of nitrogens with zero attached hydrogens (tertiary/aromatic N) is 1. The molecule has 2 heteroatoms. The smallest absolute Gasteiger partial charge is 0.0691 e. The van der Waals surface area contributed by atoms with Crippen LogP contribution in [0.3, 0.4) is 0 Å². The number of aryl methyl sites for hydroxylation is 5.